The molecule has 0 saturated carbocycles. The van der Waals surface area contributed by atoms with Gasteiger partial charge in [0.2, 0.25) is 0 Å². The Kier molecular flexibility index (Phi) is 2.78. The third-order valence-electron chi connectivity index (χ3n) is 2.57. The number of rotatable bonds is 3. The van der Waals surface area contributed by atoms with Crippen molar-refractivity contribution in [3.05, 3.63) is 35.0 Å². The van der Waals surface area contributed by atoms with Crippen LogP contribution in [0.25, 0.3) is 10.9 Å². The van der Waals surface area contributed by atoms with Crippen molar-refractivity contribution in [1.29, 1.82) is 0 Å². The molecule has 3 heteroatoms. The number of carbonyl (C=O) groups excluding carboxylic acids is 1. The van der Waals surface area contributed by atoms with E-state index in [2.05, 4.69) is 11.5 Å². The Balaban J connectivity index is 2.69. The normalized spacial score (nSPS) is 10.8. The van der Waals surface area contributed by atoms with Crippen LogP contribution in [-0.2, 0) is 17.8 Å². The molecule has 0 radical (unpaired) electrons. The molecule has 0 atom stereocenters. The summed E-state index contributed by atoms with van der Waals surface area (Å²) in [5.41, 5.74) is 2.18. The maximum absolute atomic E-state index is 10.6. The van der Waals surface area contributed by atoms with E-state index < -0.39 is 0 Å². The first-order chi connectivity index (χ1) is 7.26. The van der Waals surface area contributed by atoms with Crippen LogP contribution in [0.4, 0.5) is 0 Å². The fourth-order valence-corrected chi connectivity index (χ4v) is 2.03. The van der Waals surface area contributed by atoms with Gasteiger partial charge >= 0.3 is 0 Å². The van der Waals surface area contributed by atoms with Crippen LogP contribution in [0.5, 0.6) is 0 Å². The number of benzene rings is 1. The average Bonchev–Trinajstić information content (AvgIpc) is 2.57. The molecule has 2 rings (SSSR count). The second kappa shape index (κ2) is 4.07. The zero-order valence-electron chi connectivity index (χ0n) is 8.53. The molecule has 0 N–H and O–H groups in total. The molecule has 2 aromatic rings. The number of hydrogen-bond acceptors (Lipinski definition) is 1. The van der Waals surface area contributed by atoms with Gasteiger partial charge in [-0.3, -0.25) is 0 Å². The minimum absolute atomic E-state index is 0.448. The zero-order chi connectivity index (χ0) is 10.8. The minimum atomic E-state index is 0.448. The van der Waals surface area contributed by atoms with Crippen molar-refractivity contribution in [3.8, 4) is 0 Å². The Bertz CT molecular complexity index is 502. The van der Waals surface area contributed by atoms with E-state index >= 15 is 0 Å². The number of aryl methyl sites for hydroxylation is 1. The van der Waals surface area contributed by atoms with Crippen molar-refractivity contribution >= 4 is 28.8 Å². The molecular formula is C12H12ClNO. The van der Waals surface area contributed by atoms with Crippen molar-refractivity contribution in [2.24, 2.45) is 0 Å². The monoisotopic (exact) mass is 221 g/mol. The van der Waals surface area contributed by atoms with Crippen molar-refractivity contribution < 1.29 is 4.79 Å². The highest BCUT2D eigenvalue weighted by Crippen LogP contribution is 2.25. The maximum atomic E-state index is 10.6. The topological polar surface area (TPSA) is 22.0 Å². The smallest absolute Gasteiger partial charge is 0.124 e. The van der Waals surface area contributed by atoms with Crippen LogP contribution >= 0.6 is 11.6 Å². The van der Waals surface area contributed by atoms with Crippen LogP contribution < -0.4 is 0 Å². The number of aromatic nitrogens is 1. The summed E-state index contributed by atoms with van der Waals surface area (Å²) in [5.74, 6) is 0. The Morgan fingerprint density at radius 1 is 1.47 bits per heavy atom. The first-order valence-electron chi connectivity index (χ1n) is 4.97. The number of halogens is 1. The van der Waals surface area contributed by atoms with E-state index in [9.17, 15) is 4.79 Å². The van der Waals surface area contributed by atoms with Crippen LogP contribution in [0.15, 0.2) is 24.4 Å². The van der Waals surface area contributed by atoms with E-state index in [1.54, 1.807) is 0 Å². The van der Waals surface area contributed by atoms with Crippen molar-refractivity contribution in [1.82, 2.24) is 4.57 Å². The number of carbonyl (C=O) groups is 1. The van der Waals surface area contributed by atoms with Gasteiger partial charge in [0.1, 0.15) is 6.29 Å². The Hall–Kier alpha value is -1.28. The number of nitrogens with zero attached hydrogens (tertiary/aromatic N) is 1. The number of fused-ring (bicyclic) bond motifs is 1. The van der Waals surface area contributed by atoms with Gasteiger partial charge in [-0.1, -0.05) is 11.6 Å². The predicted molar refractivity (Wildman–Crippen MR) is 62.4 cm³/mol. The molecule has 0 aliphatic carbocycles. The highest BCUT2D eigenvalue weighted by atomic mass is 35.5. The Morgan fingerprint density at radius 3 is 2.93 bits per heavy atom. The van der Waals surface area contributed by atoms with Gasteiger partial charge in [-0.2, -0.15) is 0 Å². The summed E-state index contributed by atoms with van der Waals surface area (Å²) in [6.45, 7) is 2.98. The van der Waals surface area contributed by atoms with Gasteiger partial charge in [-0.05, 0) is 30.7 Å². The summed E-state index contributed by atoms with van der Waals surface area (Å²) >= 11 is 5.95. The molecule has 0 aliphatic rings. The van der Waals surface area contributed by atoms with Gasteiger partial charge < -0.3 is 9.36 Å². The third-order valence-corrected chi connectivity index (χ3v) is 2.80. The minimum Gasteiger partial charge on any atom is -0.347 e. The molecule has 78 valence electrons. The summed E-state index contributed by atoms with van der Waals surface area (Å²) in [6.07, 6.45) is 3.40. The quantitative estimate of drug-likeness (QED) is 0.731. The van der Waals surface area contributed by atoms with Gasteiger partial charge in [-0.25, -0.2) is 0 Å². The van der Waals surface area contributed by atoms with Crippen LogP contribution in [0.2, 0.25) is 5.02 Å². The summed E-state index contributed by atoms with van der Waals surface area (Å²) in [5, 5.41) is 1.79. The molecule has 0 bridgehead atoms. The van der Waals surface area contributed by atoms with E-state index in [1.807, 2.05) is 24.4 Å². The van der Waals surface area contributed by atoms with Crippen molar-refractivity contribution in [2.45, 2.75) is 19.9 Å². The summed E-state index contributed by atoms with van der Waals surface area (Å²) in [4.78, 5) is 10.6. The van der Waals surface area contributed by atoms with E-state index in [1.165, 1.54) is 0 Å². The molecule has 0 spiro atoms. The van der Waals surface area contributed by atoms with Gasteiger partial charge in [-0.15, -0.1) is 0 Å². The maximum Gasteiger partial charge on any atom is 0.124 e. The van der Waals surface area contributed by atoms with Crippen LogP contribution in [0.3, 0.4) is 0 Å². The lowest BCUT2D eigenvalue weighted by atomic mass is 10.1. The Labute approximate surface area is 93.5 Å². The zero-order valence-corrected chi connectivity index (χ0v) is 9.29. The predicted octanol–water partition coefficient (Wildman–Crippen LogP) is 3.06. The SMILES string of the molecule is CCn1cc(CC=O)c2cc(Cl)ccc21. The van der Waals surface area contributed by atoms with Crippen LogP contribution in [0.1, 0.15) is 12.5 Å². The molecule has 0 unspecified atom stereocenters. The summed E-state index contributed by atoms with van der Waals surface area (Å²) in [7, 11) is 0. The molecule has 1 aromatic heterocycles. The van der Waals surface area contributed by atoms with E-state index in [4.69, 9.17) is 11.6 Å². The second-order valence-corrected chi connectivity index (χ2v) is 3.91. The molecule has 2 nitrogen and oxygen atoms in total. The first kappa shape index (κ1) is 10.2. The van der Waals surface area contributed by atoms with Crippen LogP contribution in [-0.4, -0.2) is 10.9 Å². The van der Waals surface area contributed by atoms with Gasteiger partial charge in [0, 0.05) is 35.1 Å². The fraction of sp³-hybridized carbons (Fsp3) is 0.250. The standard InChI is InChI=1S/C12H12ClNO/c1-2-14-8-9(5-6-15)11-7-10(13)3-4-12(11)14/h3-4,6-8H,2,5H2,1H3. The molecule has 0 aliphatic heterocycles. The summed E-state index contributed by atoms with van der Waals surface area (Å²) < 4.78 is 2.13. The number of aldehydes is 1. The summed E-state index contributed by atoms with van der Waals surface area (Å²) in [6, 6.07) is 5.79. The van der Waals surface area contributed by atoms with Gasteiger partial charge in [0.05, 0.1) is 0 Å². The molecule has 0 saturated heterocycles. The molecule has 15 heavy (non-hydrogen) atoms. The molecule has 1 aromatic carbocycles. The van der Waals surface area contributed by atoms with Crippen molar-refractivity contribution in [3.63, 3.8) is 0 Å². The lowest BCUT2D eigenvalue weighted by Crippen LogP contribution is -1.90. The number of hydrogen-bond donors (Lipinski definition) is 0. The second-order valence-electron chi connectivity index (χ2n) is 3.47. The van der Waals surface area contributed by atoms with Crippen LogP contribution in [0, 0.1) is 0 Å². The molecule has 0 fully saturated rings. The lowest BCUT2D eigenvalue weighted by molar-refractivity contribution is -0.107. The van der Waals surface area contributed by atoms with Gasteiger partial charge in [0.25, 0.3) is 0 Å². The largest absolute Gasteiger partial charge is 0.347 e. The average molecular weight is 222 g/mol. The third kappa shape index (κ3) is 1.77. The van der Waals surface area contributed by atoms with E-state index in [-0.39, 0.29) is 0 Å². The molecule has 0 amide bonds. The molecular weight excluding hydrogens is 210 g/mol. The highest BCUT2D eigenvalue weighted by Gasteiger charge is 2.07. The Morgan fingerprint density at radius 2 is 2.27 bits per heavy atom. The molecule has 1 heterocycles. The van der Waals surface area contributed by atoms with E-state index in [0.717, 1.165) is 29.3 Å². The first-order valence-corrected chi connectivity index (χ1v) is 5.35. The van der Waals surface area contributed by atoms with E-state index in [0.29, 0.717) is 11.4 Å². The highest BCUT2D eigenvalue weighted by molar-refractivity contribution is 6.31. The fourth-order valence-electron chi connectivity index (χ4n) is 1.86. The van der Waals surface area contributed by atoms with Gasteiger partial charge in [0.15, 0.2) is 0 Å². The lowest BCUT2D eigenvalue weighted by Gasteiger charge is -1.99. The van der Waals surface area contributed by atoms with Crippen molar-refractivity contribution in [2.75, 3.05) is 0 Å².